The molecule has 33 heavy (non-hydrogen) atoms. The predicted octanol–water partition coefficient (Wildman–Crippen LogP) is 5.39. The van der Waals surface area contributed by atoms with Crippen molar-refractivity contribution >= 4 is 17.2 Å². The molecule has 6 nitrogen and oxygen atoms in total. The number of carbonyl (C=O) groups excluding carboxylic acids is 1. The van der Waals surface area contributed by atoms with Gasteiger partial charge >= 0.3 is 0 Å². The number of Topliss-reactive ketones (excluding diaryl/α,β-unsaturated/α-hetero) is 1. The van der Waals surface area contributed by atoms with Gasteiger partial charge in [0.2, 0.25) is 0 Å². The lowest BCUT2D eigenvalue weighted by atomic mass is 9.78. The molecule has 0 saturated heterocycles. The number of ketones is 1. The van der Waals surface area contributed by atoms with E-state index in [2.05, 4.69) is 10.6 Å². The lowest BCUT2D eigenvalue weighted by molar-refractivity contribution is -0.116. The van der Waals surface area contributed by atoms with Gasteiger partial charge in [-0.3, -0.25) is 4.79 Å². The maximum Gasteiger partial charge on any atom is 0.163 e. The molecule has 3 aromatic carbocycles. The number of carbonyl (C=O) groups is 1. The fourth-order valence-corrected chi connectivity index (χ4v) is 4.73. The number of phenols is 1. The second-order valence-corrected chi connectivity index (χ2v) is 8.37. The van der Waals surface area contributed by atoms with Gasteiger partial charge in [0.1, 0.15) is 5.75 Å². The van der Waals surface area contributed by atoms with Crippen molar-refractivity contribution in [3.63, 3.8) is 0 Å². The largest absolute Gasteiger partial charge is 0.504 e. The number of fused-ring (bicyclic) bond motifs is 1. The average Bonchev–Trinajstić information content (AvgIpc) is 3.01. The fraction of sp³-hybridized carbons (Fsp3) is 0.222. The van der Waals surface area contributed by atoms with Gasteiger partial charge in [0.05, 0.1) is 31.6 Å². The van der Waals surface area contributed by atoms with E-state index in [1.54, 1.807) is 19.2 Å². The number of methoxy groups -OCH3 is 2. The van der Waals surface area contributed by atoms with E-state index in [9.17, 15) is 9.90 Å². The van der Waals surface area contributed by atoms with Crippen LogP contribution in [0.25, 0.3) is 0 Å². The summed E-state index contributed by atoms with van der Waals surface area (Å²) in [4.78, 5) is 13.6. The molecule has 1 aliphatic carbocycles. The number of phenolic OH excluding ortho intramolecular Hbond substituents is 1. The molecule has 2 unspecified atom stereocenters. The number of ether oxygens (including phenoxy) is 2. The lowest BCUT2D eigenvalue weighted by Gasteiger charge is -2.30. The van der Waals surface area contributed by atoms with Crippen LogP contribution in [0.1, 0.15) is 35.9 Å². The summed E-state index contributed by atoms with van der Waals surface area (Å²) >= 11 is 0. The van der Waals surface area contributed by atoms with E-state index in [0.29, 0.717) is 12.2 Å². The number of para-hydroxylation sites is 2. The first-order valence-corrected chi connectivity index (χ1v) is 11.0. The summed E-state index contributed by atoms with van der Waals surface area (Å²) < 4.78 is 10.6. The Morgan fingerprint density at radius 1 is 0.879 bits per heavy atom. The van der Waals surface area contributed by atoms with E-state index in [-0.39, 0.29) is 23.5 Å². The Bertz CT molecular complexity index is 1230. The van der Waals surface area contributed by atoms with E-state index < -0.39 is 0 Å². The van der Waals surface area contributed by atoms with Crippen molar-refractivity contribution in [2.45, 2.75) is 24.8 Å². The van der Waals surface area contributed by atoms with Gasteiger partial charge in [-0.2, -0.15) is 0 Å². The summed E-state index contributed by atoms with van der Waals surface area (Å²) in [6.07, 6.45) is 1.14. The quantitative estimate of drug-likeness (QED) is 0.503. The number of anilines is 2. The van der Waals surface area contributed by atoms with Gasteiger partial charge in [-0.25, -0.2) is 0 Å². The van der Waals surface area contributed by atoms with Gasteiger partial charge in [0.25, 0.3) is 0 Å². The molecule has 0 spiro atoms. The molecule has 0 bridgehead atoms. The summed E-state index contributed by atoms with van der Waals surface area (Å²) in [5, 5.41) is 17.2. The number of hydrogen-bond acceptors (Lipinski definition) is 6. The molecule has 2 atom stereocenters. The highest BCUT2D eigenvalue weighted by Crippen LogP contribution is 2.45. The van der Waals surface area contributed by atoms with E-state index in [1.807, 2.05) is 54.6 Å². The van der Waals surface area contributed by atoms with Crippen LogP contribution < -0.4 is 20.1 Å². The van der Waals surface area contributed by atoms with Crippen LogP contribution in [0.3, 0.4) is 0 Å². The second kappa shape index (κ2) is 8.54. The Hall–Kier alpha value is -3.93. The molecule has 0 aromatic heterocycles. The average molecular weight is 443 g/mol. The monoisotopic (exact) mass is 442 g/mol. The molecular formula is C27H26N2O4. The first-order valence-electron chi connectivity index (χ1n) is 11.0. The van der Waals surface area contributed by atoms with E-state index in [0.717, 1.165) is 45.9 Å². The predicted molar refractivity (Wildman–Crippen MR) is 128 cm³/mol. The number of aromatic hydroxyl groups is 1. The van der Waals surface area contributed by atoms with Crippen LogP contribution in [0.2, 0.25) is 0 Å². The van der Waals surface area contributed by atoms with E-state index in [1.165, 1.54) is 7.11 Å². The van der Waals surface area contributed by atoms with Gasteiger partial charge in [-0.05, 0) is 59.9 Å². The molecule has 1 heterocycles. The minimum absolute atomic E-state index is 0.0668. The zero-order chi connectivity index (χ0) is 22.9. The van der Waals surface area contributed by atoms with Crippen LogP contribution in [-0.2, 0) is 4.79 Å². The molecular weight excluding hydrogens is 416 g/mol. The van der Waals surface area contributed by atoms with E-state index >= 15 is 0 Å². The van der Waals surface area contributed by atoms with Crippen molar-refractivity contribution in [1.82, 2.24) is 0 Å². The highest BCUT2D eigenvalue weighted by atomic mass is 16.5. The molecule has 3 N–H and O–H groups in total. The topological polar surface area (TPSA) is 79.8 Å². The molecule has 0 amide bonds. The van der Waals surface area contributed by atoms with Gasteiger partial charge in [-0.15, -0.1) is 0 Å². The minimum Gasteiger partial charge on any atom is -0.504 e. The molecule has 0 fully saturated rings. The third-order valence-electron chi connectivity index (χ3n) is 6.43. The Balaban J connectivity index is 1.59. The van der Waals surface area contributed by atoms with Gasteiger partial charge in [0.15, 0.2) is 17.3 Å². The van der Waals surface area contributed by atoms with Crippen molar-refractivity contribution in [2.75, 3.05) is 24.9 Å². The summed E-state index contributed by atoms with van der Waals surface area (Å²) in [6, 6.07) is 20.7. The Kier molecular flexibility index (Phi) is 5.42. The van der Waals surface area contributed by atoms with Crippen LogP contribution in [0.5, 0.6) is 17.2 Å². The first-order chi connectivity index (χ1) is 16.1. The SMILES string of the molecule is COc1ccc(C2CC(=O)C3=C(C2)Nc2ccccc2NC3c2ccc(O)c(OC)c2)cc1. The highest BCUT2D eigenvalue weighted by Gasteiger charge is 2.36. The number of benzene rings is 3. The molecule has 0 radical (unpaired) electrons. The minimum atomic E-state index is -0.366. The molecule has 2 aliphatic rings. The fourth-order valence-electron chi connectivity index (χ4n) is 4.73. The Morgan fingerprint density at radius 2 is 1.61 bits per heavy atom. The van der Waals surface area contributed by atoms with Crippen LogP contribution in [0.4, 0.5) is 11.4 Å². The zero-order valence-electron chi connectivity index (χ0n) is 18.6. The summed E-state index contributed by atoms with van der Waals surface area (Å²) in [7, 11) is 3.17. The van der Waals surface area contributed by atoms with Crippen molar-refractivity contribution in [1.29, 1.82) is 0 Å². The summed E-state index contributed by atoms with van der Waals surface area (Å²) in [6.45, 7) is 0. The van der Waals surface area contributed by atoms with Crippen LogP contribution in [0, 0.1) is 0 Å². The van der Waals surface area contributed by atoms with Crippen LogP contribution in [-0.4, -0.2) is 25.1 Å². The number of rotatable bonds is 4. The molecule has 6 heteroatoms. The van der Waals surface area contributed by atoms with Crippen molar-refractivity contribution in [3.05, 3.63) is 89.1 Å². The third-order valence-corrected chi connectivity index (χ3v) is 6.43. The van der Waals surface area contributed by atoms with Gasteiger partial charge in [-0.1, -0.05) is 30.3 Å². The van der Waals surface area contributed by atoms with Crippen molar-refractivity contribution < 1.29 is 19.4 Å². The number of nitrogens with one attached hydrogen (secondary N) is 2. The van der Waals surface area contributed by atoms with Crippen LogP contribution >= 0.6 is 0 Å². The second-order valence-electron chi connectivity index (χ2n) is 8.37. The molecule has 168 valence electrons. The first kappa shape index (κ1) is 20.9. The maximum absolute atomic E-state index is 13.6. The maximum atomic E-state index is 13.6. The zero-order valence-corrected chi connectivity index (χ0v) is 18.6. The summed E-state index contributed by atoms with van der Waals surface area (Å²) in [5.74, 6) is 1.42. The van der Waals surface area contributed by atoms with Crippen molar-refractivity contribution in [3.8, 4) is 17.2 Å². The van der Waals surface area contributed by atoms with Gasteiger partial charge in [0, 0.05) is 17.7 Å². The molecule has 1 aliphatic heterocycles. The molecule has 0 saturated carbocycles. The smallest absolute Gasteiger partial charge is 0.163 e. The summed E-state index contributed by atoms with van der Waals surface area (Å²) in [5.41, 5.74) is 5.46. The number of hydrogen-bond donors (Lipinski definition) is 3. The van der Waals surface area contributed by atoms with Gasteiger partial charge < -0.3 is 25.2 Å². The highest BCUT2D eigenvalue weighted by molar-refractivity contribution is 6.01. The number of allylic oxidation sites excluding steroid dienone is 1. The van der Waals surface area contributed by atoms with Crippen molar-refractivity contribution in [2.24, 2.45) is 0 Å². The van der Waals surface area contributed by atoms with Crippen LogP contribution in [0.15, 0.2) is 78.0 Å². The Morgan fingerprint density at radius 3 is 2.33 bits per heavy atom. The standard InChI is InChI=1S/C27H26N2O4/c1-32-19-10-7-16(8-11-19)18-13-22-26(24(31)14-18)27(17-9-12-23(30)25(15-17)33-2)29-21-6-4-3-5-20(21)28-22/h3-12,15,18,27-30H,13-14H2,1-2H3. The normalized spacial score (nSPS) is 19.5. The Labute approximate surface area is 192 Å². The molecule has 3 aromatic rings. The lowest BCUT2D eigenvalue weighted by Crippen LogP contribution is -2.26. The molecule has 5 rings (SSSR count). The third kappa shape index (κ3) is 3.89. The van der Waals surface area contributed by atoms with E-state index in [4.69, 9.17) is 9.47 Å².